The summed E-state index contributed by atoms with van der Waals surface area (Å²) in [5.41, 5.74) is 3.93. The van der Waals surface area contributed by atoms with Gasteiger partial charge in [0.2, 0.25) is 0 Å². The zero-order chi connectivity index (χ0) is 21.8. The van der Waals surface area contributed by atoms with E-state index in [0.29, 0.717) is 17.1 Å². The minimum atomic E-state index is -0.191. The minimum absolute atomic E-state index is 0.0339. The molecule has 0 saturated carbocycles. The van der Waals surface area contributed by atoms with Crippen molar-refractivity contribution < 1.29 is 14.3 Å². The van der Waals surface area contributed by atoms with Crippen LogP contribution in [0.5, 0.6) is 11.5 Å². The number of ether oxygens (including phenoxy) is 2. The summed E-state index contributed by atoms with van der Waals surface area (Å²) in [4.78, 5) is 15.3. The highest BCUT2D eigenvalue weighted by molar-refractivity contribution is 6.30. The van der Waals surface area contributed by atoms with Crippen LogP contribution < -0.4 is 9.47 Å². The molecule has 3 aromatic carbocycles. The van der Waals surface area contributed by atoms with Crippen molar-refractivity contribution in [1.82, 2.24) is 4.90 Å². The molecule has 1 aliphatic heterocycles. The molecular weight excluding hydrogens is 410 g/mol. The van der Waals surface area contributed by atoms with E-state index in [9.17, 15) is 4.79 Å². The molecule has 1 amide bonds. The Balaban J connectivity index is 1.70. The summed E-state index contributed by atoms with van der Waals surface area (Å²) >= 11 is 6.14. The fourth-order valence-corrected chi connectivity index (χ4v) is 4.09. The number of methoxy groups -OCH3 is 2. The molecule has 0 fully saturated rings. The van der Waals surface area contributed by atoms with Gasteiger partial charge < -0.3 is 14.4 Å². The van der Waals surface area contributed by atoms with Crippen molar-refractivity contribution in [2.24, 2.45) is 0 Å². The Bertz CT molecular complexity index is 1110. The molecule has 0 N–H and O–H groups in total. The molecule has 0 radical (unpaired) electrons. The van der Waals surface area contributed by atoms with Crippen molar-refractivity contribution in [1.29, 1.82) is 0 Å². The Morgan fingerprint density at radius 3 is 2.45 bits per heavy atom. The molecule has 158 valence electrons. The van der Waals surface area contributed by atoms with E-state index in [1.54, 1.807) is 32.4 Å². The SMILES string of the molecule is COc1ccc(/C=C/C2c3ccc(OC)cc3CCN2C(=O)c2cccc(Cl)c2)cc1. The normalized spacial score (nSPS) is 15.6. The first-order valence-corrected chi connectivity index (χ1v) is 10.5. The number of nitrogens with zero attached hydrogens (tertiary/aromatic N) is 1. The molecule has 1 aliphatic rings. The number of carbonyl (C=O) groups excluding carboxylic acids is 1. The molecule has 3 aromatic rings. The van der Waals surface area contributed by atoms with Gasteiger partial charge in [0, 0.05) is 17.1 Å². The molecule has 0 spiro atoms. The van der Waals surface area contributed by atoms with Gasteiger partial charge in [-0.2, -0.15) is 0 Å². The number of hydrogen-bond donors (Lipinski definition) is 0. The van der Waals surface area contributed by atoms with Gasteiger partial charge >= 0.3 is 0 Å². The molecule has 0 aromatic heterocycles. The van der Waals surface area contributed by atoms with Crippen LogP contribution in [0.1, 0.15) is 33.1 Å². The topological polar surface area (TPSA) is 38.8 Å². The zero-order valence-electron chi connectivity index (χ0n) is 17.5. The second kappa shape index (κ2) is 9.27. The first-order valence-electron chi connectivity index (χ1n) is 10.1. The van der Waals surface area contributed by atoms with Crippen molar-refractivity contribution in [2.75, 3.05) is 20.8 Å². The number of hydrogen-bond acceptors (Lipinski definition) is 3. The largest absolute Gasteiger partial charge is 0.497 e. The van der Waals surface area contributed by atoms with E-state index in [0.717, 1.165) is 29.0 Å². The van der Waals surface area contributed by atoms with Crippen molar-refractivity contribution in [2.45, 2.75) is 12.5 Å². The van der Waals surface area contributed by atoms with Crippen molar-refractivity contribution >= 4 is 23.6 Å². The summed E-state index contributed by atoms with van der Waals surface area (Å²) in [6.07, 6.45) is 4.89. The Morgan fingerprint density at radius 1 is 1.00 bits per heavy atom. The molecule has 1 heterocycles. The third-order valence-corrected chi connectivity index (χ3v) is 5.78. The highest BCUT2D eigenvalue weighted by atomic mass is 35.5. The van der Waals surface area contributed by atoms with Crippen LogP contribution in [-0.2, 0) is 6.42 Å². The molecule has 0 saturated heterocycles. The van der Waals surface area contributed by atoms with Crippen molar-refractivity contribution in [3.8, 4) is 11.5 Å². The summed E-state index contributed by atoms with van der Waals surface area (Å²) in [7, 11) is 3.32. The predicted molar refractivity (Wildman–Crippen MR) is 124 cm³/mol. The van der Waals surface area contributed by atoms with Crippen molar-refractivity contribution in [3.63, 3.8) is 0 Å². The fraction of sp³-hybridized carbons (Fsp3) is 0.192. The molecular formula is C26H24ClNO3. The first-order chi connectivity index (χ1) is 15.1. The number of benzene rings is 3. The summed E-state index contributed by atoms with van der Waals surface area (Å²) in [6, 6.07) is 20.8. The highest BCUT2D eigenvalue weighted by Gasteiger charge is 2.30. The van der Waals surface area contributed by atoms with E-state index in [1.807, 2.05) is 47.4 Å². The highest BCUT2D eigenvalue weighted by Crippen LogP contribution is 2.35. The Hall–Kier alpha value is -3.24. The van der Waals surface area contributed by atoms with Gasteiger partial charge in [-0.25, -0.2) is 0 Å². The molecule has 0 aliphatic carbocycles. The Labute approximate surface area is 187 Å². The lowest BCUT2D eigenvalue weighted by molar-refractivity contribution is 0.0701. The zero-order valence-corrected chi connectivity index (χ0v) is 18.3. The van der Waals surface area contributed by atoms with Gasteiger partial charge in [-0.3, -0.25) is 4.79 Å². The van der Waals surface area contributed by atoms with Crippen LogP contribution in [0.4, 0.5) is 0 Å². The van der Waals surface area contributed by atoms with E-state index in [4.69, 9.17) is 21.1 Å². The maximum Gasteiger partial charge on any atom is 0.254 e. The van der Waals surface area contributed by atoms with E-state index < -0.39 is 0 Å². The number of amides is 1. The number of rotatable bonds is 5. The maximum absolute atomic E-state index is 13.4. The Morgan fingerprint density at radius 2 is 1.74 bits per heavy atom. The lowest BCUT2D eigenvalue weighted by Crippen LogP contribution is -2.39. The van der Waals surface area contributed by atoms with Gasteiger partial charge in [-0.1, -0.05) is 48.0 Å². The maximum atomic E-state index is 13.4. The van der Waals surface area contributed by atoms with Gasteiger partial charge in [0.25, 0.3) is 5.91 Å². The summed E-state index contributed by atoms with van der Waals surface area (Å²) in [5.74, 6) is 1.60. The molecule has 0 bridgehead atoms. The lowest BCUT2D eigenvalue weighted by atomic mass is 9.91. The quantitative estimate of drug-likeness (QED) is 0.509. The van der Waals surface area contributed by atoms with Crippen LogP contribution in [0.3, 0.4) is 0 Å². The van der Waals surface area contributed by atoms with Crippen LogP contribution in [0, 0.1) is 0 Å². The summed E-state index contributed by atoms with van der Waals surface area (Å²) in [6.45, 7) is 0.614. The summed E-state index contributed by atoms with van der Waals surface area (Å²) < 4.78 is 10.6. The second-order valence-electron chi connectivity index (χ2n) is 7.40. The molecule has 1 unspecified atom stereocenters. The first kappa shape index (κ1) is 21.0. The van der Waals surface area contributed by atoms with Crippen LogP contribution >= 0.6 is 11.6 Å². The van der Waals surface area contributed by atoms with E-state index in [1.165, 1.54) is 5.56 Å². The third kappa shape index (κ3) is 4.59. The Kier molecular flexibility index (Phi) is 6.28. The number of halogens is 1. The molecule has 4 nitrogen and oxygen atoms in total. The average molecular weight is 434 g/mol. The monoisotopic (exact) mass is 433 g/mol. The van der Waals surface area contributed by atoms with Gasteiger partial charge in [-0.15, -0.1) is 0 Å². The number of fused-ring (bicyclic) bond motifs is 1. The molecule has 4 rings (SSSR count). The predicted octanol–water partition coefficient (Wildman–Crippen LogP) is 5.81. The molecule has 5 heteroatoms. The standard InChI is InChI=1S/C26H24ClNO3/c1-30-22-9-6-18(7-10-22)8-13-25-24-12-11-23(31-2)17-19(24)14-15-28(25)26(29)20-4-3-5-21(27)16-20/h3-13,16-17,25H,14-15H2,1-2H3/b13-8+. The van der Waals surface area contributed by atoms with Crippen LogP contribution in [-0.4, -0.2) is 31.6 Å². The van der Waals surface area contributed by atoms with E-state index in [2.05, 4.69) is 18.2 Å². The van der Waals surface area contributed by atoms with Gasteiger partial charge in [0.05, 0.1) is 20.3 Å². The van der Waals surface area contributed by atoms with E-state index in [-0.39, 0.29) is 11.9 Å². The van der Waals surface area contributed by atoms with Crippen LogP contribution in [0.2, 0.25) is 5.02 Å². The third-order valence-electron chi connectivity index (χ3n) is 5.55. The van der Waals surface area contributed by atoms with E-state index >= 15 is 0 Å². The minimum Gasteiger partial charge on any atom is -0.497 e. The number of carbonyl (C=O) groups is 1. The van der Waals surface area contributed by atoms with Gasteiger partial charge in [-0.05, 0) is 65.6 Å². The van der Waals surface area contributed by atoms with Crippen LogP contribution in [0.25, 0.3) is 6.08 Å². The smallest absolute Gasteiger partial charge is 0.254 e. The average Bonchev–Trinajstić information content (AvgIpc) is 2.81. The van der Waals surface area contributed by atoms with Crippen molar-refractivity contribution in [3.05, 3.63) is 100 Å². The van der Waals surface area contributed by atoms with Gasteiger partial charge in [0.15, 0.2) is 0 Å². The molecule has 1 atom stereocenters. The van der Waals surface area contributed by atoms with Gasteiger partial charge in [0.1, 0.15) is 11.5 Å². The van der Waals surface area contributed by atoms with Crippen LogP contribution in [0.15, 0.2) is 72.8 Å². The lowest BCUT2D eigenvalue weighted by Gasteiger charge is -2.36. The summed E-state index contributed by atoms with van der Waals surface area (Å²) in [5, 5.41) is 0.554. The second-order valence-corrected chi connectivity index (χ2v) is 7.84. The fourth-order valence-electron chi connectivity index (χ4n) is 3.90. The molecule has 31 heavy (non-hydrogen) atoms.